The molecule has 2 aliphatic rings. The Bertz CT molecular complexity index is 491. The average molecular weight is 261 g/mol. The van der Waals surface area contributed by atoms with E-state index in [2.05, 4.69) is 10.6 Å². The van der Waals surface area contributed by atoms with E-state index in [1.807, 2.05) is 13.0 Å². The van der Waals surface area contributed by atoms with Crippen molar-refractivity contribution in [2.45, 2.75) is 50.7 Å². The summed E-state index contributed by atoms with van der Waals surface area (Å²) in [5.74, 6) is 0. The van der Waals surface area contributed by atoms with Crippen molar-refractivity contribution in [1.82, 2.24) is 5.32 Å². The van der Waals surface area contributed by atoms with Crippen molar-refractivity contribution in [1.29, 1.82) is 0 Å². The van der Waals surface area contributed by atoms with Gasteiger partial charge in [-0.15, -0.1) is 0 Å². The molecule has 2 unspecified atom stereocenters. The predicted molar refractivity (Wildman–Crippen MR) is 74.4 cm³/mol. The molecule has 2 fully saturated rings. The fraction of sp³-hybridized carbons (Fsp3) is 0.571. The Morgan fingerprint density at radius 1 is 1.32 bits per heavy atom. The average Bonchev–Trinajstić information content (AvgIpc) is 2.71. The van der Waals surface area contributed by atoms with Gasteiger partial charge < -0.3 is 10.6 Å². The smallest absolute Gasteiger partial charge is 0.292 e. The highest BCUT2D eigenvalue weighted by Gasteiger charge is 2.34. The number of rotatable bonds is 3. The standard InChI is InChI=1S/C14H19N3O2/c1-9-3-2-4-13(17(18)19)14(9)16-12-7-10-5-6-11(8-12)15-10/h2-4,10-12,15-16H,5-8H2,1H3. The largest absolute Gasteiger partial charge is 0.376 e. The normalized spacial score (nSPS) is 29.2. The summed E-state index contributed by atoms with van der Waals surface area (Å²) in [6.45, 7) is 1.92. The molecule has 0 aliphatic carbocycles. The van der Waals surface area contributed by atoms with Gasteiger partial charge in [0.25, 0.3) is 5.69 Å². The number of nitrogens with one attached hydrogen (secondary N) is 2. The van der Waals surface area contributed by atoms with Gasteiger partial charge in [-0.1, -0.05) is 12.1 Å². The van der Waals surface area contributed by atoms with E-state index in [0.717, 1.165) is 18.4 Å². The third kappa shape index (κ3) is 2.42. The third-order valence-electron chi connectivity index (χ3n) is 4.27. The fourth-order valence-electron chi connectivity index (χ4n) is 3.37. The lowest BCUT2D eigenvalue weighted by Crippen LogP contribution is -2.43. The number of anilines is 1. The van der Waals surface area contributed by atoms with Crippen LogP contribution >= 0.6 is 0 Å². The van der Waals surface area contributed by atoms with E-state index in [4.69, 9.17) is 0 Å². The van der Waals surface area contributed by atoms with Gasteiger partial charge in [0, 0.05) is 24.2 Å². The molecule has 0 aromatic heterocycles. The number of fused-ring (bicyclic) bond motifs is 2. The van der Waals surface area contributed by atoms with E-state index in [9.17, 15) is 10.1 Å². The Balaban J connectivity index is 1.81. The van der Waals surface area contributed by atoms with Gasteiger partial charge in [0.2, 0.25) is 0 Å². The van der Waals surface area contributed by atoms with E-state index in [-0.39, 0.29) is 10.6 Å². The molecule has 5 nitrogen and oxygen atoms in total. The third-order valence-corrected chi connectivity index (χ3v) is 4.27. The Labute approximate surface area is 112 Å². The SMILES string of the molecule is Cc1cccc([N+](=O)[O-])c1NC1CC2CCC(C1)N2. The molecule has 3 rings (SSSR count). The van der Waals surface area contributed by atoms with Gasteiger partial charge in [-0.05, 0) is 38.2 Å². The van der Waals surface area contributed by atoms with Gasteiger partial charge in [0.05, 0.1) is 4.92 Å². The lowest BCUT2D eigenvalue weighted by atomic mass is 9.99. The number of hydrogen-bond acceptors (Lipinski definition) is 4. The minimum Gasteiger partial charge on any atom is -0.376 e. The topological polar surface area (TPSA) is 67.2 Å². The van der Waals surface area contributed by atoms with Crippen molar-refractivity contribution < 1.29 is 4.92 Å². The van der Waals surface area contributed by atoms with Crippen molar-refractivity contribution in [3.05, 3.63) is 33.9 Å². The van der Waals surface area contributed by atoms with E-state index < -0.39 is 0 Å². The van der Waals surface area contributed by atoms with E-state index in [1.165, 1.54) is 12.8 Å². The summed E-state index contributed by atoms with van der Waals surface area (Å²) >= 11 is 0. The molecule has 0 radical (unpaired) electrons. The lowest BCUT2D eigenvalue weighted by Gasteiger charge is -2.30. The first-order valence-corrected chi connectivity index (χ1v) is 6.90. The van der Waals surface area contributed by atoms with Gasteiger partial charge in [0.1, 0.15) is 5.69 Å². The molecule has 102 valence electrons. The Morgan fingerprint density at radius 2 is 2.00 bits per heavy atom. The van der Waals surface area contributed by atoms with Crippen LogP contribution in [0.1, 0.15) is 31.2 Å². The maximum atomic E-state index is 11.1. The van der Waals surface area contributed by atoms with Crippen LogP contribution in [0.15, 0.2) is 18.2 Å². The van der Waals surface area contributed by atoms with E-state index >= 15 is 0 Å². The van der Waals surface area contributed by atoms with Crippen molar-refractivity contribution in [2.75, 3.05) is 5.32 Å². The van der Waals surface area contributed by atoms with Crippen LogP contribution in [0.3, 0.4) is 0 Å². The molecule has 0 spiro atoms. The molecular weight excluding hydrogens is 242 g/mol. The summed E-state index contributed by atoms with van der Waals surface area (Å²) < 4.78 is 0. The molecule has 0 saturated carbocycles. The second-order valence-electron chi connectivity index (χ2n) is 5.68. The van der Waals surface area contributed by atoms with Crippen molar-refractivity contribution in [3.8, 4) is 0 Å². The zero-order chi connectivity index (χ0) is 13.4. The fourth-order valence-corrected chi connectivity index (χ4v) is 3.37. The first-order chi connectivity index (χ1) is 9.13. The number of piperidine rings is 1. The van der Waals surface area contributed by atoms with Crippen molar-refractivity contribution in [2.24, 2.45) is 0 Å². The maximum Gasteiger partial charge on any atom is 0.292 e. The first kappa shape index (κ1) is 12.4. The maximum absolute atomic E-state index is 11.1. The summed E-state index contributed by atoms with van der Waals surface area (Å²) in [4.78, 5) is 10.8. The molecule has 1 aromatic carbocycles. The van der Waals surface area contributed by atoms with Gasteiger partial charge in [-0.3, -0.25) is 10.1 Å². The summed E-state index contributed by atoms with van der Waals surface area (Å²) in [6.07, 6.45) is 4.58. The van der Waals surface area contributed by atoms with Crippen LogP contribution in [0.5, 0.6) is 0 Å². The summed E-state index contributed by atoms with van der Waals surface area (Å²) in [5.41, 5.74) is 1.82. The minimum atomic E-state index is -0.301. The van der Waals surface area contributed by atoms with Gasteiger partial charge >= 0.3 is 0 Å². The number of nitro benzene ring substituents is 1. The Morgan fingerprint density at radius 3 is 2.63 bits per heavy atom. The molecule has 2 saturated heterocycles. The molecule has 2 N–H and O–H groups in total. The van der Waals surface area contributed by atoms with Gasteiger partial charge in [-0.25, -0.2) is 0 Å². The predicted octanol–water partition coefficient (Wildman–Crippen LogP) is 2.60. The zero-order valence-corrected chi connectivity index (χ0v) is 11.1. The number of hydrogen-bond donors (Lipinski definition) is 2. The zero-order valence-electron chi connectivity index (χ0n) is 11.1. The lowest BCUT2D eigenvalue weighted by molar-refractivity contribution is -0.384. The van der Waals surface area contributed by atoms with Crippen molar-refractivity contribution in [3.63, 3.8) is 0 Å². The van der Waals surface area contributed by atoms with Crippen LogP contribution in [-0.4, -0.2) is 23.0 Å². The number of benzene rings is 1. The number of para-hydroxylation sites is 1. The van der Waals surface area contributed by atoms with Crippen LogP contribution in [0.4, 0.5) is 11.4 Å². The molecule has 2 heterocycles. The molecule has 19 heavy (non-hydrogen) atoms. The Kier molecular flexibility index (Phi) is 3.14. The summed E-state index contributed by atoms with van der Waals surface area (Å²) in [7, 11) is 0. The summed E-state index contributed by atoms with van der Waals surface area (Å²) in [6, 6.07) is 6.75. The van der Waals surface area contributed by atoms with Crippen LogP contribution in [0.25, 0.3) is 0 Å². The molecule has 2 atom stereocenters. The Hall–Kier alpha value is -1.62. The van der Waals surface area contributed by atoms with Crippen LogP contribution < -0.4 is 10.6 Å². The van der Waals surface area contributed by atoms with Crippen LogP contribution in [0, 0.1) is 17.0 Å². The van der Waals surface area contributed by atoms with Crippen LogP contribution in [-0.2, 0) is 0 Å². The van der Waals surface area contributed by atoms with Gasteiger partial charge in [-0.2, -0.15) is 0 Å². The number of nitro groups is 1. The van der Waals surface area contributed by atoms with Crippen molar-refractivity contribution >= 4 is 11.4 Å². The van der Waals surface area contributed by atoms with E-state index in [1.54, 1.807) is 12.1 Å². The minimum absolute atomic E-state index is 0.186. The second kappa shape index (κ2) is 4.81. The first-order valence-electron chi connectivity index (χ1n) is 6.90. The highest BCUT2D eigenvalue weighted by Crippen LogP contribution is 2.33. The molecule has 2 aliphatic heterocycles. The van der Waals surface area contributed by atoms with Gasteiger partial charge in [0.15, 0.2) is 0 Å². The second-order valence-corrected chi connectivity index (χ2v) is 5.68. The highest BCUT2D eigenvalue weighted by atomic mass is 16.6. The molecule has 0 amide bonds. The number of aryl methyl sites for hydroxylation is 1. The highest BCUT2D eigenvalue weighted by molar-refractivity contribution is 5.66. The van der Waals surface area contributed by atoms with Crippen LogP contribution in [0.2, 0.25) is 0 Å². The molecule has 1 aromatic rings. The summed E-state index contributed by atoms with van der Waals surface area (Å²) in [5, 5.41) is 18.1. The molecule has 5 heteroatoms. The number of nitrogens with zero attached hydrogens (tertiary/aromatic N) is 1. The van der Waals surface area contributed by atoms with E-state index in [0.29, 0.717) is 23.8 Å². The molecular formula is C14H19N3O2. The quantitative estimate of drug-likeness (QED) is 0.648. The molecule has 2 bridgehead atoms. The monoisotopic (exact) mass is 261 g/mol.